The van der Waals surface area contributed by atoms with Crippen LogP contribution in [0.2, 0.25) is 0 Å². The van der Waals surface area contributed by atoms with Crippen molar-refractivity contribution in [3.63, 3.8) is 0 Å². The van der Waals surface area contributed by atoms with Crippen LogP contribution in [0.3, 0.4) is 0 Å². The molecule has 0 rings (SSSR count). The number of nitrogens with one attached hydrogen (secondary N) is 1. The molecule has 0 aliphatic rings. The molecule has 0 heterocycles. The Morgan fingerprint density at radius 2 is 1.76 bits per heavy atom. The van der Waals surface area contributed by atoms with Crippen LogP contribution in [0.4, 0.5) is 0 Å². The van der Waals surface area contributed by atoms with Gasteiger partial charge in [0.1, 0.15) is 0 Å². The van der Waals surface area contributed by atoms with Crippen LogP contribution in [0.25, 0.3) is 0 Å². The fourth-order valence-corrected chi connectivity index (χ4v) is 1.93. The molecule has 4 heteroatoms. The zero-order chi connectivity index (χ0) is 13.1. The van der Waals surface area contributed by atoms with Crippen LogP contribution in [-0.4, -0.2) is 30.7 Å². The first kappa shape index (κ1) is 16.4. The summed E-state index contributed by atoms with van der Waals surface area (Å²) in [7, 11) is 0. The Balaban J connectivity index is 3.83. The van der Waals surface area contributed by atoms with Crippen LogP contribution in [-0.2, 0) is 4.79 Å². The Morgan fingerprint density at radius 1 is 1.18 bits per heavy atom. The number of rotatable bonds is 10. The van der Waals surface area contributed by atoms with Crippen LogP contribution in [0.15, 0.2) is 0 Å². The van der Waals surface area contributed by atoms with E-state index < -0.39 is 0 Å². The van der Waals surface area contributed by atoms with Crippen molar-refractivity contribution in [3.05, 3.63) is 0 Å². The zero-order valence-corrected chi connectivity index (χ0v) is 11.3. The second-order valence-corrected chi connectivity index (χ2v) is 4.59. The van der Waals surface area contributed by atoms with Gasteiger partial charge in [-0.2, -0.15) is 0 Å². The number of aliphatic hydroxyl groups excluding tert-OH is 1. The molecular formula is C13H28N2O2. The summed E-state index contributed by atoms with van der Waals surface area (Å²) in [5.41, 5.74) is 5.33. The van der Waals surface area contributed by atoms with Gasteiger partial charge >= 0.3 is 0 Å². The summed E-state index contributed by atoms with van der Waals surface area (Å²) in [4.78, 5) is 12.0. The number of aliphatic hydroxyl groups is 1. The molecule has 0 bridgehead atoms. The van der Waals surface area contributed by atoms with Crippen molar-refractivity contribution in [1.29, 1.82) is 0 Å². The summed E-state index contributed by atoms with van der Waals surface area (Å²) in [6.07, 6.45) is 5.47. The van der Waals surface area contributed by atoms with Crippen LogP contribution in [0.5, 0.6) is 0 Å². The average Bonchev–Trinajstić information content (AvgIpc) is 2.36. The normalized spacial score (nSPS) is 11.5. The molecule has 0 saturated carbocycles. The molecule has 0 fully saturated rings. The highest BCUT2D eigenvalue weighted by Crippen LogP contribution is 2.24. The molecule has 0 radical (unpaired) electrons. The van der Waals surface area contributed by atoms with Crippen molar-refractivity contribution in [3.8, 4) is 0 Å². The van der Waals surface area contributed by atoms with Gasteiger partial charge in [-0.25, -0.2) is 0 Å². The summed E-state index contributed by atoms with van der Waals surface area (Å²) in [6.45, 7) is 5.41. The Morgan fingerprint density at radius 3 is 2.24 bits per heavy atom. The van der Waals surface area contributed by atoms with Crippen molar-refractivity contribution in [1.82, 2.24) is 5.32 Å². The molecule has 0 aromatic carbocycles. The fourth-order valence-electron chi connectivity index (χ4n) is 1.93. The van der Waals surface area contributed by atoms with E-state index in [0.717, 1.165) is 38.5 Å². The number of hydrogen-bond donors (Lipinski definition) is 3. The second-order valence-electron chi connectivity index (χ2n) is 4.59. The molecule has 0 aliphatic carbocycles. The predicted octanol–water partition coefficient (Wildman–Crippen LogP) is 1.42. The lowest BCUT2D eigenvalue weighted by atomic mass is 9.81. The number of hydrogen-bond acceptors (Lipinski definition) is 3. The highest BCUT2D eigenvalue weighted by atomic mass is 16.2. The van der Waals surface area contributed by atoms with E-state index in [0.29, 0.717) is 13.1 Å². The maximum atomic E-state index is 12.0. The number of carbonyl (C=O) groups excluding carboxylic acids is 1. The van der Waals surface area contributed by atoms with Gasteiger partial charge in [0.25, 0.3) is 0 Å². The van der Waals surface area contributed by atoms with Gasteiger partial charge in [-0.05, 0) is 25.7 Å². The summed E-state index contributed by atoms with van der Waals surface area (Å²) >= 11 is 0. The van der Waals surface area contributed by atoms with Crippen molar-refractivity contribution in [2.24, 2.45) is 11.1 Å². The van der Waals surface area contributed by atoms with Gasteiger partial charge < -0.3 is 16.2 Å². The van der Waals surface area contributed by atoms with Crippen molar-refractivity contribution in [2.75, 3.05) is 19.7 Å². The maximum absolute atomic E-state index is 12.0. The molecular weight excluding hydrogens is 216 g/mol. The fraction of sp³-hybridized carbons (Fsp3) is 0.923. The van der Waals surface area contributed by atoms with E-state index >= 15 is 0 Å². The van der Waals surface area contributed by atoms with Gasteiger partial charge in [-0.3, -0.25) is 4.79 Å². The Labute approximate surface area is 105 Å². The first-order valence-corrected chi connectivity index (χ1v) is 6.76. The molecule has 4 N–H and O–H groups in total. The monoisotopic (exact) mass is 244 g/mol. The molecule has 0 aromatic heterocycles. The van der Waals surface area contributed by atoms with Crippen molar-refractivity contribution >= 4 is 5.91 Å². The van der Waals surface area contributed by atoms with Gasteiger partial charge in [0, 0.05) is 19.7 Å². The molecule has 4 nitrogen and oxygen atoms in total. The maximum Gasteiger partial charge on any atom is 0.227 e. The molecule has 1 amide bonds. The number of nitrogens with two attached hydrogens (primary N) is 1. The molecule has 0 aromatic rings. The van der Waals surface area contributed by atoms with Gasteiger partial charge in [-0.15, -0.1) is 0 Å². The predicted molar refractivity (Wildman–Crippen MR) is 70.6 cm³/mol. The molecule has 0 atom stereocenters. The summed E-state index contributed by atoms with van der Waals surface area (Å²) in [5.74, 6) is 0.0900. The van der Waals surface area contributed by atoms with E-state index in [2.05, 4.69) is 5.32 Å². The minimum atomic E-state index is -0.384. The molecule has 0 spiro atoms. The van der Waals surface area contributed by atoms with Crippen LogP contribution < -0.4 is 11.1 Å². The molecule has 0 unspecified atom stereocenters. The van der Waals surface area contributed by atoms with E-state index in [4.69, 9.17) is 10.8 Å². The Bertz CT molecular complexity index is 195. The van der Waals surface area contributed by atoms with E-state index in [1.165, 1.54) is 0 Å². The van der Waals surface area contributed by atoms with Gasteiger partial charge in [0.05, 0.1) is 5.41 Å². The van der Waals surface area contributed by atoms with Crippen LogP contribution in [0.1, 0.15) is 52.4 Å². The highest BCUT2D eigenvalue weighted by molar-refractivity contribution is 5.82. The Hall–Kier alpha value is -0.610. The van der Waals surface area contributed by atoms with Gasteiger partial charge in [0.15, 0.2) is 0 Å². The standard InChI is InChI=1S/C13H28N2O2/c1-3-13(4-2,11-14)12(17)15-9-7-5-6-8-10-16/h16H,3-11,14H2,1-2H3,(H,15,17). The third-order valence-corrected chi connectivity index (χ3v) is 3.60. The highest BCUT2D eigenvalue weighted by Gasteiger charge is 2.32. The lowest BCUT2D eigenvalue weighted by Gasteiger charge is -2.28. The van der Waals surface area contributed by atoms with E-state index in [9.17, 15) is 4.79 Å². The molecule has 17 heavy (non-hydrogen) atoms. The SMILES string of the molecule is CCC(CC)(CN)C(=O)NCCCCCCO. The van der Waals surface area contributed by atoms with E-state index in [1.807, 2.05) is 13.8 Å². The minimum Gasteiger partial charge on any atom is -0.396 e. The number of unbranched alkanes of at least 4 members (excludes halogenated alkanes) is 3. The lowest BCUT2D eigenvalue weighted by molar-refractivity contribution is -0.131. The largest absolute Gasteiger partial charge is 0.396 e. The van der Waals surface area contributed by atoms with E-state index in [-0.39, 0.29) is 17.9 Å². The van der Waals surface area contributed by atoms with Crippen LogP contribution in [0, 0.1) is 5.41 Å². The van der Waals surface area contributed by atoms with Crippen LogP contribution >= 0.6 is 0 Å². The Kier molecular flexibility index (Phi) is 9.09. The molecule has 0 aliphatic heterocycles. The lowest BCUT2D eigenvalue weighted by Crippen LogP contribution is -2.45. The average molecular weight is 244 g/mol. The summed E-state index contributed by atoms with van der Waals surface area (Å²) in [6, 6.07) is 0. The zero-order valence-electron chi connectivity index (χ0n) is 11.3. The summed E-state index contributed by atoms with van der Waals surface area (Å²) in [5, 5.41) is 11.6. The van der Waals surface area contributed by atoms with Gasteiger partial charge in [0.2, 0.25) is 5.91 Å². The first-order valence-electron chi connectivity index (χ1n) is 6.76. The topological polar surface area (TPSA) is 75.4 Å². The van der Waals surface area contributed by atoms with Gasteiger partial charge in [-0.1, -0.05) is 26.7 Å². The third kappa shape index (κ3) is 5.50. The molecule has 0 saturated heterocycles. The van der Waals surface area contributed by atoms with E-state index in [1.54, 1.807) is 0 Å². The quantitative estimate of drug-likeness (QED) is 0.509. The third-order valence-electron chi connectivity index (χ3n) is 3.60. The number of carbonyl (C=O) groups is 1. The first-order chi connectivity index (χ1) is 8.16. The van der Waals surface area contributed by atoms with Crippen molar-refractivity contribution in [2.45, 2.75) is 52.4 Å². The smallest absolute Gasteiger partial charge is 0.227 e. The van der Waals surface area contributed by atoms with Crippen molar-refractivity contribution < 1.29 is 9.90 Å². The second kappa shape index (κ2) is 9.42. The minimum absolute atomic E-state index is 0.0900. The molecule has 102 valence electrons. The summed E-state index contributed by atoms with van der Waals surface area (Å²) < 4.78 is 0. The number of amides is 1.